The molecule has 0 spiro atoms. The van der Waals surface area contributed by atoms with Crippen molar-refractivity contribution in [2.45, 2.75) is 38.3 Å². The lowest BCUT2D eigenvalue weighted by atomic mass is 10.1. The number of nitrogens with one attached hydrogen (secondary N) is 2. The highest BCUT2D eigenvalue weighted by molar-refractivity contribution is 7.98. The van der Waals surface area contributed by atoms with Crippen LogP contribution in [-0.4, -0.2) is 27.1 Å². The number of aryl methyl sites for hydroxylation is 2. The van der Waals surface area contributed by atoms with Gasteiger partial charge >= 0.3 is 0 Å². The molecule has 8 heteroatoms. The molecule has 0 fully saturated rings. The van der Waals surface area contributed by atoms with Crippen LogP contribution in [0.2, 0.25) is 0 Å². The highest BCUT2D eigenvalue weighted by Crippen LogP contribution is 2.27. The van der Waals surface area contributed by atoms with E-state index in [-0.39, 0.29) is 17.9 Å². The first-order valence-corrected chi connectivity index (χ1v) is 10.4. The van der Waals surface area contributed by atoms with E-state index >= 15 is 0 Å². The Hall–Kier alpha value is -2.19. The lowest BCUT2D eigenvalue weighted by Gasteiger charge is -2.05. The normalized spacial score (nSPS) is 11.0. The summed E-state index contributed by atoms with van der Waals surface area (Å²) in [6.45, 7) is 3.90. The Labute approximate surface area is 159 Å². The van der Waals surface area contributed by atoms with Crippen LogP contribution in [0.15, 0.2) is 28.2 Å². The van der Waals surface area contributed by atoms with Gasteiger partial charge in [0, 0.05) is 17.7 Å². The predicted octanol–water partition coefficient (Wildman–Crippen LogP) is 3.54. The minimum atomic E-state index is -0.179. The van der Waals surface area contributed by atoms with Crippen molar-refractivity contribution in [3.05, 3.63) is 45.4 Å². The molecule has 1 amide bonds. The summed E-state index contributed by atoms with van der Waals surface area (Å²) in [5.41, 5.74) is 3.16. The molecule has 0 aliphatic carbocycles. The van der Waals surface area contributed by atoms with Gasteiger partial charge in [0.2, 0.25) is 5.91 Å². The molecule has 0 saturated carbocycles. The third kappa shape index (κ3) is 4.13. The average Bonchev–Trinajstić information content (AvgIpc) is 3.01. The van der Waals surface area contributed by atoms with Gasteiger partial charge < -0.3 is 10.3 Å². The molecular weight excluding hydrogens is 368 g/mol. The Morgan fingerprint density at radius 2 is 2.15 bits per heavy atom. The number of thioether (sulfide) groups is 1. The number of aromatic amines is 1. The maximum Gasteiger partial charge on any atom is 0.254 e. The van der Waals surface area contributed by atoms with Crippen molar-refractivity contribution in [3.8, 4) is 0 Å². The lowest BCUT2D eigenvalue weighted by molar-refractivity contribution is -0.116. The van der Waals surface area contributed by atoms with Gasteiger partial charge in [-0.15, -0.1) is 0 Å². The summed E-state index contributed by atoms with van der Waals surface area (Å²) in [5.74, 6) is -0.160. The van der Waals surface area contributed by atoms with E-state index in [0.29, 0.717) is 28.0 Å². The van der Waals surface area contributed by atoms with E-state index in [4.69, 9.17) is 0 Å². The Kier molecular flexibility index (Phi) is 5.73. The van der Waals surface area contributed by atoms with Crippen LogP contribution in [-0.2, 0) is 17.6 Å². The Morgan fingerprint density at radius 3 is 2.85 bits per heavy atom. The quantitative estimate of drug-likeness (QED) is 0.498. The van der Waals surface area contributed by atoms with Crippen LogP contribution in [0.4, 0.5) is 5.13 Å². The Balaban J connectivity index is 1.67. The van der Waals surface area contributed by atoms with Crippen LogP contribution in [0, 0.1) is 6.92 Å². The first-order valence-electron chi connectivity index (χ1n) is 8.33. The second-order valence-corrected chi connectivity index (χ2v) is 7.69. The maximum atomic E-state index is 12.3. The number of carbonyl (C=O) groups is 1. The summed E-state index contributed by atoms with van der Waals surface area (Å²) in [6.07, 6.45) is 3.37. The molecule has 2 heterocycles. The van der Waals surface area contributed by atoms with Crippen molar-refractivity contribution in [2.75, 3.05) is 11.6 Å². The van der Waals surface area contributed by atoms with Gasteiger partial charge in [-0.3, -0.25) is 9.59 Å². The van der Waals surface area contributed by atoms with Crippen molar-refractivity contribution >= 4 is 44.4 Å². The van der Waals surface area contributed by atoms with Crippen LogP contribution in [0.5, 0.6) is 0 Å². The molecule has 0 unspecified atom stereocenters. The monoisotopic (exact) mass is 388 g/mol. The third-order valence-corrected chi connectivity index (χ3v) is 5.62. The molecule has 0 bridgehead atoms. The first kappa shape index (κ1) is 18.6. The number of hydrogen-bond donors (Lipinski definition) is 2. The van der Waals surface area contributed by atoms with Gasteiger partial charge in [0.05, 0.1) is 10.2 Å². The van der Waals surface area contributed by atoms with E-state index in [0.717, 1.165) is 16.6 Å². The molecule has 0 saturated heterocycles. The Morgan fingerprint density at radius 1 is 1.35 bits per heavy atom. The van der Waals surface area contributed by atoms with Crippen LogP contribution in [0.25, 0.3) is 10.2 Å². The maximum absolute atomic E-state index is 12.3. The average molecular weight is 389 g/mol. The van der Waals surface area contributed by atoms with Gasteiger partial charge in [0.25, 0.3) is 5.56 Å². The molecule has 3 aromatic rings. The van der Waals surface area contributed by atoms with E-state index in [9.17, 15) is 9.59 Å². The zero-order valence-corrected chi connectivity index (χ0v) is 16.5. The van der Waals surface area contributed by atoms with Crippen LogP contribution < -0.4 is 10.9 Å². The van der Waals surface area contributed by atoms with Crippen molar-refractivity contribution in [1.29, 1.82) is 0 Å². The molecular formula is C18H20N4O2S2. The van der Waals surface area contributed by atoms with Crippen molar-refractivity contribution < 1.29 is 4.79 Å². The molecule has 1 aromatic carbocycles. The molecule has 26 heavy (non-hydrogen) atoms. The molecule has 136 valence electrons. The van der Waals surface area contributed by atoms with Gasteiger partial charge in [-0.25, -0.2) is 9.97 Å². The fourth-order valence-electron chi connectivity index (χ4n) is 2.64. The van der Waals surface area contributed by atoms with Gasteiger partial charge in [-0.2, -0.15) is 0 Å². The minimum absolute atomic E-state index is 0.160. The van der Waals surface area contributed by atoms with Crippen LogP contribution in [0.3, 0.4) is 0 Å². The van der Waals surface area contributed by atoms with E-state index < -0.39 is 0 Å². The summed E-state index contributed by atoms with van der Waals surface area (Å²) >= 11 is 2.85. The number of benzene rings is 1. The molecule has 0 aliphatic rings. The van der Waals surface area contributed by atoms with Crippen LogP contribution in [0.1, 0.15) is 30.2 Å². The summed E-state index contributed by atoms with van der Waals surface area (Å²) in [4.78, 5) is 35.9. The number of H-pyrrole nitrogens is 1. The molecule has 6 nitrogen and oxygen atoms in total. The fraction of sp³-hybridized carbons (Fsp3) is 0.333. The number of rotatable bonds is 6. The minimum Gasteiger partial charge on any atom is -0.302 e. The summed E-state index contributed by atoms with van der Waals surface area (Å²) < 4.78 is 1.06. The molecule has 0 atom stereocenters. The van der Waals surface area contributed by atoms with Gasteiger partial charge in [-0.05, 0) is 43.7 Å². The van der Waals surface area contributed by atoms with E-state index in [1.807, 2.05) is 18.4 Å². The number of anilines is 1. The largest absolute Gasteiger partial charge is 0.302 e. The zero-order chi connectivity index (χ0) is 18.7. The number of aromatic nitrogens is 3. The van der Waals surface area contributed by atoms with E-state index in [2.05, 4.69) is 33.3 Å². The number of fused-ring (bicyclic) bond motifs is 1. The first-order chi connectivity index (χ1) is 12.5. The molecule has 2 aromatic heterocycles. The van der Waals surface area contributed by atoms with Crippen molar-refractivity contribution in [1.82, 2.24) is 15.0 Å². The van der Waals surface area contributed by atoms with Crippen LogP contribution >= 0.6 is 23.1 Å². The highest BCUT2D eigenvalue weighted by Gasteiger charge is 2.12. The number of amides is 1. The fourth-order valence-corrected chi connectivity index (χ4v) is 4.01. The smallest absolute Gasteiger partial charge is 0.254 e. The lowest BCUT2D eigenvalue weighted by Crippen LogP contribution is -2.20. The molecule has 2 N–H and O–H groups in total. The van der Waals surface area contributed by atoms with Gasteiger partial charge in [0.1, 0.15) is 0 Å². The van der Waals surface area contributed by atoms with E-state index in [1.54, 1.807) is 6.92 Å². The Bertz CT molecular complexity index is 1010. The predicted molar refractivity (Wildman–Crippen MR) is 107 cm³/mol. The molecule has 0 radical (unpaired) electrons. The zero-order valence-electron chi connectivity index (χ0n) is 14.9. The topological polar surface area (TPSA) is 87.7 Å². The highest BCUT2D eigenvalue weighted by atomic mass is 32.2. The van der Waals surface area contributed by atoms with Gasteiger partial charge in [0.15, 0.2) is 10.3 Å². The van der Waals surface area contributed by atoms with Crippen molar-refractivity contribution in [3.63, 3.8) is 0 Å². The third-order valence-electron chi connectivity index (χ3n) is 4.10. The second-order valence-electron chi connectivity index (χ2n) is 5.86. The second kappa shape index (κ2) is 8.01. The summed E-state index contributed by atoms with van der Waals surface area (Å²) in [6, 6.07) is 6.13. The summed E-state index contributed by atoms with van der Waals surface area (Å²) in [5, 5.41) is 4.00. The summed E-state index contributed by atoms with van der Waals surface area (Å²) in [7, 11) is 0. The molecule has 0 aliphatic heterocycles. The van der Waals surface area contributed by atoms with Gasteiger partial charge in [-0.1, -0.05) is 36.1 Å². The molecule has 3 rings (SSSR count). The van der Waals surface area contributed by atoms with Crippen molar-refractivity contribution in [2.24, 2.45) is 0 Å². The number of nitrogens with zero attached hydrogens (tertiary/aromatic N) is 2. The van der Waals surface area contributed by atoms with E-state index in [1.165, 1.54) is 28.7 Å². The standard InChI is InChI=1S/C18H20N4O2S2/c1-4-11-5-7-13-14(9-11)26-18(20-13)21-15(23)8-6-12-10(2)19-17(25-3)22-16(12)24/h5,7,9H,4,6,8H2,1-3H3,(H,19,22,24)(H,20,21,23). The number of carbonyl (C=O) groups excluding carboxylic acids is 1. The SMILES string of the molecule is CCc1ccc2nc(NC(=O)CCc3c(C)nc(SC)[nH]c3=O)sc2c1. The number of hydrogen-bond acceptors (Lipinski definition) is 6. The number of thiazole rings is 1.